The second-order valence-corrected chi connectivity index (χ2v) is 7.77. The SMILES string of the molecule is Cc1cc(Nc2ncnc(N)c2C)c(=O)n2c1C(=O)NC21CCN(CC(F)F)CC1. The molecule has 1 amide bonds. The van der Waals surface area contributed by atoms with Crippen LogP contribution in [0.25, 0.3) is 0 Å². The highest BCUT2D eigenvalue weighted by Gasteiger charge is 2.46. The van der Waals surface area contributed by atoms with E-state index in [1.165, 1.54) is 10.9 Å². The quantitative estimate of drug-likeness (QED) is 0.684. The van der Waals surface area contributed by atoms with E-state index in [1.54, 1.807) is 24.8 Å². The summed E-state index contributed by atoms with van der Waals surface area (Å²) in [6.07, 6.45) is -0.399. The number of hydrogen-bond donors (Lipinski definition) is 3. The van der Waals surface area contributed by atoms with E-state index in [0.29, 0.717) is 54.4 Å². The van der Waals surface area contributed by atoms with E-state index >= 15 is 0 Å². The number of carbonyl (C=O) groups excluding carboxylic acids is 1. The third-order valence-corrected chi connectivity index (χ3v) is 5.84. The molecule has 4 N–H and O–H groups in total. The molecule has 2 aromatic heterocycles. The fraction of sp³-hybridized carbons (Fsp3) is 0.474. The smallest absolute Gasteiger partial charge is 0.276 e. The van der Waals surface area contributed by atoms with Crippen molar-refractivity contribution in [2.24, 2.45) is 0 Å². The van der Waals surface area contributed by atoms with Gasteiger partial charge in [0.05, 0.1) is 6.54 Å². The van der Waals surface area contributed by atoms with E-state index in [-0.39, 0.29) is 23.7 Å². The lowest BCUT2D eigenvalue weighted by Crippen LogP contribution is -2.55. The Balaban J connectivity index is 1.73. The summed E-state index contributed by atoms with van der Waals surface area (Å²) in [6.45, 7) is 3.88. The molecular weight excluding hydrogens is 396 g/mol. The zero-order valence-electron chi connectivity index (χ0n) is 16.7. The Morgan fingerprint density at radius 1 is 1.27 bits per heavy atom. The highest BCUT2D eigenvalue weighted by molar-refractivity contribution is 5.97. The number of nitrogen functional groups attached to an aromatic ring is 1. The molecule has 1 fully saturated rings. The Morgan fingerprint density at radius 3 is 2.63 bits per heavy atom. The number of alkyl halides is 2. The van der Waals surface area contributed by atoms with Gasteiger partial charge in [-0.15, -0.1) is 0 Å². The normalized spacial score (nSPS) is 18.0. The predicted molar refractivity (Wildman–Crippen MR) is 107 cm³/mol. The fourth-order valence-corrected chi connectivity index (χ4v) is 4.22. The standard InChI is InChI=1S/C19H23F2N7O2/c1-10-7-12(25-16-11(2)15(22)23-9-24-16)18(30)28-14(10)17(29)26-19(28)3-5-27(6-4-19)8-13(20)21/h7,9,13H,3-6,8H2,1-2H3,(H,26,29)(H3,22,23,24,25). The van der Waals surface area contributed by atoms with Crippen LogP contribution in [0, 0.1) is 13.8 Å². The monoisotopic (exact) mass is 419 g/mol. The number of likely N-dealkylation sites (tertiary alicyclic amines) is 1. The molecular formula is C19H23F2N7O2. The molecule has 2 aliphatic heterocycles. The van der Waals surface area contributed by atoms with Crippen molar-refractivity contribution in [3.05, 3.63) is 39.6 Å². The van der Waals surface area contributed by atoms with Crippen LogP contribution in [-0.4, -0.2) is 51.4 Å². The van der Waals surface area contributed by atoms with E-state index in [9.17, 15) is 18.4 Å². The van der Waals surface area contributed by atoms with Gasteiger partial charge in [0.15, 0.2) is 0 Å². The first-order chi connectivity index (χ1) is 14.2. The number of rotatable bonds is 4. The number of hydrogen-bond acceptors (Lipinski definition) is 7. The first-order valence-corrected chi connectivity index (χ1v) is 9.66. The summed E-state index contributed by atoms with van der Waals surface area (Å²) >= 11 is 0. The molecule has 0 atom stereocenters. The summed E-state index contributed by atoms with van der Waals surface area (Å²) in [4.78, 5) is 35.8. The molecule has 9 nitrogen and oxygen atoms in total. The maximum Gasteiger partial charge on any atom is 0.276 e. The molecule has 4 heterocycles. The van der Waals surface area contributed by atoms with Crippen molar-refractivity contribution in [2.75, 3.05) is 30.7 Å². The number of fused-ring (bicyclic) bond motifs is 2. The Kier molecular flexibility index (Phi) is 4.92. The number of pyridine rings is 1. The Bertz CT molecular complexity index is 1060. The Morgan fingerprint density at radius 2 is 1.97 bits per heavy atom. The average Bonchev–Trinajstić information content (AvgIpc) is 2.97. The number of anilines is 3. The highest BCUT2D eigenvalue weighted by atomic mass is 19.3. The second-order valence-electron chi connectivity index (χ2n) is 7.77. The van der Waals surface area contributed by atoms with Crippen LogP contribution in [0.1, 0.15) is 34.5 Å². The van der Waals surface area contributed by atoms with Crippen molar-refractivity contribution in [1.82, 2.24) is 24.8 Å². The summed E-state index contributed by atoms with van der Waals surface area (Å²) in [6, 6.07) is 1.61. The molecule has 2 aliphatic rings. The molecule has 0 unspecified atom stereocenters. The van der Waals surface area contributed by atoms with E-state index in [4.69, 9.17) is 5.73 Å². The van der Waals surface area contributed by atoms with Gasteiger partial charge in [0.1, 0.15) is 35.0 Å². The molecule has 0 aromatic carbocycles. The van der Waals surface area contributed by atoms with Crippen molar-refractivity contribution in [3.8, 4) is 0 Å². The lowest BCUT2D eigenvalue weighted by molar-refractivity contribution is 0.0391. The van der Waals surface area contributed by atoms with Gasteiger partial charge < -0.3 is 16.4 Å². The maximum atomic E-state index is 13.4. The van der Waals surface area contributed by atoms with Gasteiger partial charge >= 0.3 is 0 Å². The van der Waals surface area contributed by atoms with Crippen LogP contribution in [0.5, 0.6) is 0 Å². The van der Waals surface area contributed by atoms with Crippen LogP contribution in [0.2, 0.25) is 0 Å². The molecule has 1 spiro atoms. The molecule has 0 aliphatic carbocycles. The molecule has 11 heteroatoms. The van der Waals surface area contributed by atoms with Crippen LogP contribution in [0.3, 0.4) is 0 Å². The molecule has 4 rings (SSSR count). The molecule has 1 saturated heterocycles. The summed E-state index contributed by atoms with van der Waals surface area (Å²) in [5.41, 5.74) is 6.29. The number of aryl methyl sites for hydroxylation is 1. The van der Waals surface area contributed by atoms with E-state index in [2.05, 4.69) is 20.6 Å². The summed E-state index contributed by atoms with van der Waals surface area (Å²) in [5, 5.41) is 5.95. The van der Waals surface area contributed by atoms with Crippen molar-refractivity contribution < 1.29 is 13.6 Å². The van der Waals surface area contributed by atoms with Crippen molar-refractivity contribution in [2.45, 2.75) is 38.8 Å². The molecule has 0 saturated carbocycles. The molecule has 30 heavy (non-hydrogen) atoms. The molecule has 0 radical (unpaired) electrons. The van der Waals surface area contributed by atoms with E-state index < -0.39 is 12.1 Å². The second kappa shape index (κ2) is 7.31. The van der Waals surface area contributed by atoms with Gasteiger partial charge in [0.25, 0.3) is 17.9 Å². The minimum atomic E-state index is -2.42. The zero-order chi connectivity index (χ0) is 21.6. The van der Waals surface area contributed by atoms with Gasteiger partial charge in [-0.05, 0) is 25.5 Å². The number of aromatic nitrogens is 3. The highest BCUT2D eigenvalue weighted by Crippen LogP contribution is 2.34. The number of halogens is 2. The summed E-state index contributed by atoms with van der Waals surface area (Å²) < 4.78 is 26.9. The minimum Gasteiger partial charge on any atom is -0.383 e. The Labute approximate surface area is 171 Å². The van der Waals surface area contributed by atoms with Gasteiger partial charge in [-0.3, -0.25) is 19.1 Å². The number of carbonyl (C=O) groups is 1. The van der Waals surface area contributed by atoms with Crippen LogP contribution in [-0.2, 0) is 5.66 Å². The van der Waals surface area contributed by atoms with Crippen molar-refractivity contribution in [1.29, 1.82) is 0 Å². The van der Waals surface area contributed by atoms with Crippen molar-refractivity contribution in [3.63, 3.8) is 0 Å². The van der Waals surface area contributed by atoms with E-state index in [1.807, 2.05) is 0 Å². The van der Waals surface area contributed by atoms with Crippen LogP contribution < -0.4 is 21.9 Å². The first-order valence-electron chi connectivity index (χ1n) is 9.66. The van der Waals surface area contributed by atoms with Gasteiger partial charge in [0, 0.05) is 31.5 Å². The summed E-state index contributed by atoms with van der Waals surface area (Å²) in [7, 11) is 0. The number of amides is 1. The van der Waals surface area contributed by atoms with Gasteiger partial charge in [-0.1, -0.05) is 0 Å². The fourth-order valence-electron chi connectivity index (χ4n) is 4.22. The summed E-state index contributed by atoms with van der Waals surface area (Å²) in [5.74, 6) is 0.365. The topological polar surface area (TPSA) is 118 Å². The number of nitrogens with two attached hydrogens (primary N) is 1. The third kappa shape index (κ3) is 3.28. The average molecular weight is 419 g/mol. The van der Waals surface area contributed by atoms with Crippen molar-refractivity contribution >= 4 is 23.2 Å². The number of nitrogens with zero attached hydrogens (tertiary/aromatic N) is 4. The molecule has 2 aromatic rings. The van der Waals surface area contributed by atoms with Crippen LogP contribution >= 0.6 is 0 Å². The zero-order valence-corrected chi connectivity index (χ0v) is 16.7. The number of piperidine rings is 1. The molecule has 160 valence electrons. The van der Waals surface area contributed by atoms with Crippen LogP contribution in [0.4, 0.5) is 26.1 Å². The predicted octanol–water partition coefficient (Wildman–Crippen LogP) is 1.34. The van der Waals surface area contributed by atoms with E-state index in [0.717, 1.165) is 0 Å². The Hall–Kier alpha value is -3.08. The number of nitrogens with one attached hydrogen (secondary N) is 2. The maximum absolute atomic E-state index is 13.4. The lowest BCUT2D eigenvalue weighted by atomic mass is 9.96. The first kappa shape index (κ1) is 20.2. The third-order valence-electron chi connectivity index (χ3n) is 5.84. The van der Waals surface area contributed by atoms with Gasteiger partial charge in [0.2, 0.25) is 0 Å². The largest absolute Gasteiger partial charge is 0.383 e. The lowest BCUT2D eigenvalue weighted by Gasteiger charge is -2.40. The van der Waals surface area contributed by atoms with Crippen LogP contribution in [0.15, 0.2) is 17.2 Å². The minimum absolute atomic E-state index is 0.253. The van der Waals surface area contributed by atoms with Gasteiger partial charge in [-0.25, -0.2) is 18.7 Å². The van der Waals surface area contributed by atoms with Gasteiger partial charge in [-0.2, -0.15) is 0 Å². The molecule has 0 bridgehead atoms.